The number of pyridine rings is 1. The first kappa shape index (κ1) is 12.6. The van der Waals surface area contributed by atoms with Gasteiger partial charge in [0.2, 0.25) is 0 Å². The molecule has 1 saturated heterocycles. The highest BCUT2D eigenvalue weighted by atomic mass is 16.5. The van der Waals surface area contributed by atoms with Gasteiger partial charge in [-0.3, -0.25) is 0 Å². The average Bonchev–Trinajstić information content (AvgIpc) is 3.07. The number of carboxylic acid groups (broad SMARTS) is 1. The first-order chi connectivity index (χ1) is 9.91. The lowest BCUT2D eigenvalue weighted by molar-refractivity contribution is -0.00627. The van der Waals surface area contributed by atoms with Gasteiger partial charge in [0, 0.05) is 23.9 Å². The lowest BCUT2D eigenvalue weighted by Gasteiger charge is -2.24. The highest BCUT2D eigenvalue weighted by Gasteiger charge is 2.55. The molecule has 0 spiro atoms. The van der Waals surface area contributed by atoms with Crippen LogP contribution in [0.3, 0.4) is 0 Å². The molecule has 2 unspecified atom stereocenters. The number of hydrogen-bond donors (Lipinski definition) is 2. The van der Waals surface area contributed by atoms with Gasteiger partial charge in [-0.2, -0.15) is 0 Å². The topological polar surface area (TPSA) is 84.1 Å². The Morgan fingerprint density at radius 2 is 2.24 bits per heavy atom. The Balaban J connectivity index is 1.83. The molecule has 2 bridgehead atoms. The Morgan fingerprint density at radius 1 is 1.43 bits per heavy atom. The van der Waals surface area contributed by atoms with Gasteiger partial charge in [0.25, 0.3) is 0 Å². The van der Waals surface area contributed by atoms with Crippen molar-refractivity contribution in [2.24, 2.45) is 0 Å². The maximum atomic E-state index is 11.1. The smallest absolute Gasteiger partial charge is 0.341 e. The Morgan fingerprint density at radius 3 is 2.81 bits per heavy atom. The number of hydrogen-bond acceptors (Lipinski definition) is 4. The molecular formula is C15H16N2O4. The molecule has 0 radical (unpaired) electrons. The minimum atomic E-state index is -1.15. The molecule has 2 N–H and O–H groups in total. The molecule has 0 aromatic carbocycles. The molecule has 110 valence electrons. The molecule has 6 heteroatoms. The van der Waals surface area contributed by atoms with E-state index in [1.165, 1.54) is 12.3 Å². The van der Waals surface area contributed by atoms with Crippen LogP contribution in [0.1, 0.15) is 42.2 Å². The predicted octanol–water partition coefficient (Wildman–Crippen LogP) is 1.95. The quantitative estimate of drug-likeness (QED) is 0.882. The molecular weight excluding hydrogens is 272 g/mol. The first-order valence-electron chi connectivity index (χ1n) is 7.00. The van der Waals surface area contributed by atoms with Crippen LogP contribution in [-0.2, 0) is 10.2 Å². The SMILES string of the molecule is CC12CCC(c3cn4cc(C(=O)O)c(O)cc4n3)(CO1)C2. The predicted molar refractivity (Wildman–Crippen MR) is 73.7 cm³/mol. The fourth-order valence-corrected chi connectivity index (χ4v) is 3.69. The summed E-state index contributed by atoms with van der Waals surface area (Å²) in [6.45, 7) is 2.79. The van der Waals surface area contributed by atoms with Crippen molar-refractivity contribution in [3.8, 4) is 5.75 Å². The fourth-order valence-electron chi connectivity index (χ4n) is 3.69. The molecule has 3 heterocycles. The summed E-state index contributed by atoms with van der Waals surface area (Å²) in [5.41, 5.74) is 1.24. The molecule has 2 aliphatic rings. The van der Waals surface area contributed by atoms with E-state index in [1.807, 2.05) is 6.20 Å². The molecule has 2 aromatic heterocycles. The van der Waals surface area contributed by atoms with Crippen molar-refractivity contribution < 1.29 is 19.7 Å². The normalized spacial score (nSPS) is 31.1. The van der Waals surface area contributed by atoms with Crippen molar-refractivity contribution >= 4 is 11.6 Å². The van der Waals surface area contributed by atoms with Crippen LogP contribution in [0.5, 0.6) is 5.75 Å². The van der Waals surface area contributed by atoms with E-state index in [2.05, 4.69) is 11.9 Å². The summed E-state index contributed by atoms with van der Waals surface area (Å²) in [6.07, 6.45) is 6.27. The third-order valence-electron chi connectivity index (χ3n) is 4.89. The van der Waals surface area contributed by atoms with Crippen molar-refractivity contribution in [3.63, 3.8) is 0 Å². The van der Waals surface area contributed by atoms with Gasteiger partial charge < -0.3 is 19.4 Å². The van der Waals surface area contributed by atoms with E-state index < -0.39 is 5.97 Å². The standard InChI is InChI=1S/C15H16N2O4/c1-14-2-3-15(7-14,8-21-14)11-6-17-5-9(13(19)20)10(18)4-12(17)16-11/h4-6,18H,2-3,7-8H2,1H3,(H,19,20). The highest BCUT2D eigenvalue weighted by Crippen LogP contribution is 2.53. The van der Waals surface area contributed by atoms with Gasteiger partial charge in [-0.15, -0.1) is 0 Å². The zero-order valence-corrected chi connectivity index (χ0v) is 11.7. The molecule has 4 rings (SSSR count). The van der Waals surface area contributed by atoms with Crippen molar-refractivity contribution in [2.75, 3.05) is 6.61 Å². The molecule has 6 nitrogen and oxygen atoms in total. The van der Waals surface area contributed by atoms with Gasteiger partial charge in [0.05, 0.1) is 17.9 Å². The molecule has 1 saturated carbocycles. The van der Waals surface area contributed by atoms with Crippen LogP contribution in [0.2, 0.25) is 0 Å². The Bertz CT molecular complexity index is 756. The number of rotatable bonds is 2. The van der Waals surface area contributed by atoms with Crippen LogP contribution in [-0.4, -0.2) is 37.8 Å². The van der Waals surface area contributed by atoms with Gasteiger partial charge in [-0.1, -0.05) is 0 Å². The molecule has 0 amide bonds. The second kappa shape index (κ2) is 3.76. The summed E-state index contributed by atoms with van der Waals surface area (Å²) in [7, 11) is 0. The minimum absolute atomic E-state index is 0.0514. The maximum Gasteiger partial charge on any atom is 0.341 e. The molecule has 1 aliphatic heterocycles. The van der Waals surface area contributed by atoms with Crippen LogP contribution in [0.15, 0.2) is 18.5 Å². The van der Waals surface area contributed by atoms with Gasteiger partial charge in [-0.05, 0) is 26.2 Å². The zero-order chi connectivity index (χ0) is 14.8. The summed E-state index contributed by atoms with van der Waals surface area (Å²) in [5.74, 6) is -1.41. The number of ether oxygens (including phenoxy) is 1. The molecule has 21 heavy (non-hydrogen) atoms. The van der Waals surface area contributed by atoms with E-state index in [1.54, 1.807) is 4.40 Å². The van der Waals surface area contributed by atoms with E-state index in [0.29, 0.717) is 12.3 Å². The number of aromatic nitrogens is 2. The maximum absolute atomic E-state index is 11.1. The van der Waals surface area contributed by atoms with E-state index in [-0.39, 0.29) is 22.3 Å². The van der Waals surface area contributed by atoms with Crippen LogP contribution in [0.25, 0.3) is 5.65 Å². The van der Waals surface area contributed by atoms with Gasteiger partial charge in [-0.25, -0.2) is 9.78 Å². The van der Waals surface area contributed by atoms with Crippen molar-refractivity contribution in [1.29, 1.82) is 0 Å². The largest absolute Gasteiger partial charge is 0.507 e. The number of imidazole rings is 1. The van der Waals surface area contributed by atoms with Crippen LogP contribution < -0.4 is 0 Å². The highest BCUT2D eigenvalue weighted by molar-refractivity contribution is 5.91. The summed E-state index contributed by atoms with van der Waals surface area (Å²) in [6, 6.07) is 1.40. The molecule has 1 aliphatic carbocycles. The van der Waals surface area contributed by atoms with Crippen LogP contribution >= 0.6 is 0 Å². The number of carboxylic acids is 1. The van der Waals surface area contributed by atoms with E-state index in [9.17, 15) is 9.90 Å². The van der Waals surface area contributed by atoms with Crippen molar-refractivity contribution in [3.05, 3.63) is 29.7 Å². The first-order valence-corrected chi connectivity index (χ1v) is 7.00. The molecule has 2 aromatic rings. The van der Waals surface area contributed by atoms with E-state index >= 15 is 0 Å². The van der Waals surface area contributed by atoms with Crippen molar-refractivity contribution in [1.82, 2.24) is 9.38 Å². The third-order valence-corrected chi connectivity index (χ3v) is 4.89. The lowest BCUT2D eigenvalue weighted by atomic mass is 9.84. The van der Waals surface area contributed by atoms with Crippen LogP contribution in [0.4, 0.5) is 0 Å². The number of fused-ring (bicyclic) bond motifs is 3. The van der Waals surface area contributed by atoms with E-state index in [4.69, 9.17) is 9.84 Å². The summed E-state index contributed by atoms with van der Waals surface area (Å²) < 4.78 is 7.55. The van der Waals surface area contributed by atoms with Gasteiger partial charge in [0.1, 0.15) is 17.0 Å². The fraction of sp³-hybridized carbons (Fsp3) is 0.467. The second-order valence-electron chi connectivity index (χ2n) is 6.46. The Hall–Kier alpha value is -2.08. The Kier molecular flexibility index (Phi) is 2.27. The third kappa shape index (κ3) is 1.68. The van der Waals surface area contributed by atoms with E-state index in [0.717, 1.165) is 25.0 Å². The van der Waals surface area contributed by atoms with Crippen LogP contribution in [0, 0.1) is 0 Å². The summed E-state index contributed by atoms with van der Waals surface area (Å²) >= 11 is 0. The molecule has 2 atom stereocenters. The summed E-state index contributed by atoms with van der Waals surface area (Å²) in [5, 5.41) is 18.8. The zero-order valence-electron chi connectivity index (χ0n) is 11.7. The number of aromatic hydroxyl groups is 1. The number of aromatic carboxylic acids is 1. The second-order valence-corrected chi connectivity index (χ2v) is 6.46. The minimum Gasteiger partial charge on any atom is -0.507 e. The number of carbonyl (C=O) groups is 1. The lowest BCUT2D eigenvalue weighted by Crippen LogP contribution is -2.26. The van der Waals surface area contributed by atoms with Gasteiger partial charge in [0.15, 0.2) is 0 Å². The monoisotopic (exact) mass is 288 g/mol. The number of nitrogens with zero attached hydrogens (tertiary/aromatic N) is 2. The molecule has 2 fully saturated rings. The Labute approximate surface area is 121 Å². The summed E-state index contributed by atoms with van der Waals surface area (Å²) in [4.78, 5) is 15.7. The average molecular weight is 288 g/mol. The van der Waals surface area contributed by atoms with Crippen molar-refractivity contribution in [2.45, 2.75) is 37.2 Å². The van der Waals surface area contributed by atoms with Gasteiger partial charge >= 0.3 is 5.97 Å².